The minimum absolute atomic E-state index is 0.0627. The van der Waals surface area contributed by atoms with Crippen molar-refractivity contribution in [2.24, 2.45) is 5.41 Å². The Labute approximate surface area is 102 Å². The van der Waals surface area contributed by atoms with E-state index in [0.717, 1.165) is 12.1 Å². The summed E-state index contributed by atoms with van der Waals surface area (Å²) in [4.78, 5) is 0. The van der Waals surface area contributed by atoms with Gasteiger partial charge in [-0.1, -0.05) is 6.92 Å². The van der Waals surface area contributed by atoms with Crippen LogP contribution in [0.3, 0.4) is 0 Å². The Morgan fingerprint density at radius 3 is 2.50 bits per heavy atom. The molecule has 0 saturated carbocycles. The zero-order valence-electron chi connectivity index (χ0n) is 9.77. The molecule has 1 heterocycles. The number of hydrogen-bond acceptors (Lipinski definition) is 2. The van der Waals surface area contributed by atoms with Gasteiger partial charge < -0.3 is 10.1 Å². The molecule has 1 fully saturated rings. The summed E-state index contributed by atoms with van der Waals surface area (Å²) in [5.74, 6) is -1.26. The van der Waals surface area contributed by atoms with Crippen LogP contribution in [-0.4, -0.2) is 19.8 Å². The van der Waals surface area contributed by atoms with Crippen LogP contribution >= 0.6 is 0 Å². The van der Waals surface area contributed by atoms with E-state index in [9.17, 15) is 17.6 Å². The van der Waals surface area contributed by atoms with Crippen molar-refractivity contribution in [3.05, 3.63) is 29.6 Å². The Hall–Kier alpha value is -1.30. The molecule has 0 amide bonds. The standard InChI is InChI=1S/C12H13F4NO/c1-11(6-18-7-11)5-17-8-2-3-10(13)9(4-8)12(14,15)16/h2-4,17H,5-7H2,1H3. The summed E-state index contributed by atoms with van der Waals surface area (Å²) >= 11 is 0. The monoisotopic (exact) mass is 263 g/mol. The van der Waals surface area contributed by atoms with Crippen molar-refractivity contribution < 1.29 is 22.3 Å². The largest absolute Gasteiger partial charge is 0.419 e. The molecule has 18 heavy (non-hydrogen) atoms. The molecule has 2 nitrogen and oxygen atoms in total. The molecule has 1 saturated heterocycles. The van der Waals surface area contributed by atoms with Gasteiger partial charge in [0, 0.05) is 17.6 Å². The summed E-state index contributed by atoms with van der Waals surface area (Å²) in [7, 11) is 0. The molecule has 100 valence electrons. The smallest absolute Gasteiger partial charge is 0.384 e. The fraction of sp³-hybridized carbons (Fsp3) is 0.500. The molecule has 1 aliphatic rings. The van der Waals surface area contributed by atoms with Crippen molar-refractivity contribution in [1.82, 2.24) is 0 Å². The molecule has 0 spiro atoms. The first-order chi connectivity index (χ1) is 8.30. The van der Waals surface area contributed by atoms with E-state index in [1.807, 2.05) is 6.92 Å². The maximum Gasteiger partial charge on any atom is 0.419 e. The van der Waals surface area contributed by atoms with E-state index in [1.54, 1.807) is 0 Å². The average Bonchev–Trinajstić information content (AvgIpc) is 2.24. The van der Waals surface area contributed by atoms with E-state index in [2.05, 4.69) is 5.32 Å². The fourth-order valence-electron chi connectivity index (χ4n) is 1.72. The molecule has 1 aliphatic heterocycles. The second-order valence-electron chi connectivity index (χ2n) is 4.85. The molecule has 0 aliphatic carbocycles. The van der Waals surface area contributed by atoms with Crippen LogP contribution in [0, 0.1) is 11.2 Å². The maximum absolute atomic E-state index is 13.0. The SMILES string of the molecule is CC1(CNc2ccc(F)c(C(F)(F)F)c2)COC1. The van der Waals surface area contributed by atoms with Gasteiger partial charge in [-0.05, 0) is 18.2 Å². The van der Waals surface area contributed by atoms with Crippen molar-refractivity contribution >= 4 is 5.69 Å². The van der Waals surface area contributed by atoms with Gasteiger partial charge in [0.15, 0.2) is 0 Å². The quantitative estimate of drug-likeness (QED) is 0.845. The Bertz CT molecular complexity index is 440. The van der Waals surface area contributed by atoms with Crippen LogP contribution in [0.5, 0.6) is 0 Å². The van der Waals surface area contributed by atoms with Crippen LogP contribution in [0.2, 0.25) is 0 Å². The summed E-state index contributed by atoms with van der Waals surface area (Å²) in [6.45, 7) is 3.62. The Balaban J connectivity index is 2.10. The second kappa shape index (κ2) is 4.42. The lowest BCUT2D eigenvalue weighted by Crippen LogP contribution is -2.45. The number of benzene rings is 1. The second-order valence-corrected chi connectivity index (χ2v) is 4.85. The van der Waals surface area contributed by atoms with Gasteiger partial charge in [0.2, 0.25) is 0 Å². The van der Waals surface area contributed by atoms with Gasteiger partial charge in [-0.15, -0.1) is 0 Å². The van der Waals surface area contributed by atoms with Gasteiger partial charge in [0.1, 0.15) is 5.82 Å². The van der Waals surface area contributed by atoms with E-state index < -0.39 is 17.6 Å². The molecular weight excluding hydrogens is 250 g/mol. The zero-order valence-corrected chi connectivity index (χ0v) is 9.77. The topological polar surface area (TPSA) is 21.3 Å². The lowest BCUT2D eigenvalue weighted by Gasteiger charge is -2.38. The van der Waals surface area contributed by atoms with Gasteiger partial charge in [-0.3, -0.25) is 0 Å². The molecule has 0 radical (unpaired) electrons. The molecule has 6 heteroatoms. The fourth-order valence-corrected chi connectivity index (χ4v) is 1.72. The highest BCUT2D eigenvalue weighted by molar-refractivity contribution is 5.47. The van der Waals surface area contributed by atoms with Gasteiger partial charge in [-0.25, -0.2) is 4.39 Å². The number of nitrogens with one attached hydrogen (secondary N) is 1. The van der Waals surface area contributed by atoms with Crippen molar-refractivity contribution in [3.8, 4) is 0 Å². The Morgan fingerprint density at radius 2 is 2.00 bits per heavy atom. The highest BCUT2D eigenvalue weighted by Crippen LogP contribution is 2.33. The first-order valence-corrected chi connectivity index (χ1v) is 5.49. The highest BCUT2D eigenvalue weighted by atomic mass is 19.4. The predicted molar refractivity (Wildman–Crippen MR) is 58.8 cm³/mol. The zero-order chi connectivity index (χ0) is 13.4. The Morgan fingerprint density at radius 1 is 1.33 bits per heavy atom. The third-order valence-corrected chi connectivity index (χ3v) is 2.89. The third-order valence-electron chi connectivity index (χ3n) is 2.89. The van der Waals surface area contributed by atoms with E-state index in [0.29, 0.717) is 19.8 Å². The van der Waals surface area contributed by atoms with Gasteiger partial charge >= 0.3 is 6.18 Å². The normalized spacial score (nSPS) is 18.3. The van der Waals surface area contributed by atoms with Crippen LogP contribution in [0.15, 0.2) is 18.2 Å². The third kappa shape index (κ3) is 2.75. The van der Waals surface area contributed by atoms with Crippen LogP contribution in [-0.2, 0) is 10.9 Å². The number of rotatable bonds is 3. The molecule has 1 N–H and O–H groups in total. The van der Waals surface area contributed by atoms with E-state index in [4.69, 9.17) is 4.74 Å². The number of alkyl halides is 3. The minimum Gasteiger partial charge on any atom is -0.384 e. The number of hydrogen-bond donors (Lipinski definition) is 1. The lowest BCUT2D eigenvalue weighted by atomic mass is 9.88. The first-order valence-electron chi connectivity index (χ1n) is 5.49. The van der Waals surface area contributed by atoms with E-state index in [-0.39, 0.29) is 11.1 Å². The molecular formula is C12H13F4NO. The van der Waals surface area contributed by atoms with Crippen LogP contribution in [0.4, 0.5) is 23.2 Å². The van der Waals surface area contributed by atoms with Crippen molar-refractivity contribution in [3.63, 3.8) is 0 Å². The Kier molecular flexibility index (Phi) is 3.23. The van der Waals surface area contributed by atoms with Crippen LogP contribution < -0.4 is 5.32 Å². The number of halogens is 4. The molecule has 1 aromatic rings. The maximum atomic E-state index is 13.0. The molecule has 0 atom stereocenters. The predicted octanol–water partition coefficient (Wildman–Crippen LogP) is 3.29. The molecule has 0 bridgehead atoms. The van der Waals surface area contributed by atoms with E-state index in [1.165, 1.54) is 6.07 Å². The van der Waals surface area contributed by atoms with Crippen molar-refractivity contribution in [2.45, 2.75) is 13.1 Å². The molecule has 0 unspecified atom stereocenters. The number of ether oxygens (including phenoxy) is 1. The van der Waals surface area contributed by atoms with Crippen molar-refractivity contribution in [2.75, 3.05) is 25.1 Å². The van der Waals surface area contributed by atoms with Gasteiger partial charge in [0.25, 0.3) is 0 Å². The summed E-state index contributed by atoms with van der Waals surface area (Å²) in [5.41, 5.74) is -1.05. The summed E-state index contributed by atoms with van der Waals surface area (Å²) in [5, 5.41) is 2.88. The average molecular weight is 263 g/mol. The summed E-state index contributed by atoms with van der Waals surface area (Å²) in [6, 6.07) is 2.91. The van der Waals surface area contributed by atoms with Crippen LogP contribution in [0.1, 0.15) is 12.5 Å². The molecule has 0 aromatic heterocycles. The van der Waals surface area contributed by atoms with Crippen LogP contribution in [0.25, 0.3) is 0 Å². The summed E-state index contributed by atoms with van der Waals surface area (Å²) < 4.78 is 55.6. The van der Waals surface area contributed by atoms with Gasteiger partial charge in [-0.2, -0.15) is 13.2 Å². The first kappa shape index (κ1) is 13.1. The number of anilines is 1. The lowest BCUT2D eigenvalue weighted by molar-refractivity contribution is -0.139. The minimum atomic E-state index is -4.68. The van der Waals surface area contributed by atoms with Gasteiger partial charge in [0.05, 0.1) is 18.8 Å². The molecule has 2 rings (SSSR count). The molecule has 1 aromatic carbocycles. The van der Waals surface area contributed by atoms with Crippen molar-refractivity contribution in [1.29, 1.82) is 0 Å². The highest BCUT2D eigenvalue weighted by Gasteiger charge is 2.35. The summed E-state index contributed by atoms with van der Waals surface area (Å²) in [6.07, 6.45) is -4.68. The van der Waals surface area contributed by atoms with E-state index >= 15 is 0 Å².